The van der Waals surface area contributed by atoms with E-state index in [9.17, 15) is 0 Å². The minimum absolute atomic E-state index is 0.771. The third-order valence-electron chi connectivity index (χ3n) is 4.11. The average molecular weight is 311 g/mol. The fourth-order valence-corrected chi connectivity index (χ4v) is 3.12. The molecule has 0 heterocycles. The molecule has 2 aromatic carbocycles. The summed E-state index contributed by atoms with van der Waals surface area (Å²) >= 11 is 6.03. The van der Waals surface area contributed by atoms with E-state index in [1.165, 1.54) is 27.8 Å². The maximum absolute atomic E-state index is 6.03. The van der Waals surface area contributed by atoms with E-state index in [2.05, 4.69) is 37.3 Å². The molecule has 0 N–H and O–H groups in total. The van der Waals surface area contributed by atoms with Crippen LogP contribution in [0.2, 0.25) is 5.02 Å². The summed E-state index contributed by atoms with van der Waals surface area (Å²) in [4.78, 5) is 0. The summed E-state index contributed by atoms with van der Waals surface area (Å²) in [5.41, 5.74) is 6.54. The van der Waals surface area contributed by atoms with Crippen LogP contribution < -0.4 is 4.74 Å². The highest BCUT2D eigenvalue weighted by molar-refractivity contribution is 6.30. The standard InChI is InChI=1S/C20H19ClO/c1-14-4-3-5-19(15-8-12-18(22-2)13-9-15)20(14)16-6-10-17(21)11-7-16/h4,6-13H,3,5H2,1-2H3. The zero-order valence-corrected chi connectivity index (χ0v) is 13.7. The number of hydrogen-bond donors (Lipinski definition) is 0. The van der Waals surface area contributed by atoms with Gasteiger partial charge in [0.1, 0.15) is 5.75 Å². The Bertz CT molecular complexity index is 721. The van der Waals surface area contributed by atoms with E-state index in [1.54, 1.807) is 7.11 Å². The topological polar surface area (TPSA) is 9.23 Å². The molecule has 0 saturated carbocycles. The van der Waals surface area contributed by atoms with Crippen molar-refractivity contribution < 1.29 is 4.74 Å². The Morgan fingerprint density at radius 1 is 0.909 bits per heavy atom. The monoisotopic (exact) mass is 310 g/mol. The van der Waals surface area contributed by atoms with Crippen molar-refractivity contribution in [3.8, 4) is 5.75 Å². The molecule has 0 atom stereocenters. The summed E-state index contributed by atoms with van der Waals surface area (Å²) in [5.74, 6) is 0.889. The van der Waals surface area contributed by atoms with Crippen molar-refractivity contribution in [2.45, 2.75) is 19.8 Å². The van der Waals surface area contributed by atoms with E-state index in [0.29, 0.717) is 0 Å². The van der Waals surface area contributed by atoms with Gasteiger partial charge in [-0.3, -0.25) is 0 Å². The fourth-order valence-electron chi connectivity index (χ4n) is 3.00. The molecule has 2 heteroatoms. The lowest BCUT2D eigenvalue weighted by Crippen LogP contribution is -1.99. The maximum atomic E-state index is 6.03. The van der Waals surface area contributed by atoms with E-state index in [4.69, 9.17) is 16.3 Å². The van der Waals surface area contributed by atoms with Gasteiger partial charge in [-0.15, -0.1) is 0 Å². The van der Waals surface area contributed by atoms with Crippen LogP contribution in [0.1, 0.15) is 30.9 Å². The average Bonchev–Trinajstić information content (AvgIpc) is 2.56. The second-order valence-electron chi connectivity index (χ2n) is 5.51. The number of halogens is 1. The van der Waals surface area contributed by atoms with E-state index >= 15 is 0 Å². The SMILES string of the molecule is COc1ccc(C2=C(c3ccc(Cl)cc3)C(C)=CCC2)cc1. The Balaban J connectivity index is 2.11. The van der Waals surface area contributed by atoms with Crippen LogP contribution in [0.25, 0.3) is 11.1 Å². The first kappa shape index (κ1) is 14.9. The summed E-state index contributed by atoms with van der Waals surface area (Å²) in [5, 5.41) is 0.771. The summed E-state index contributed by atoms with van der Waals surface area (Å²) in [6.45, 7) is 2.19. The molecule has 0 aliphatic heterocycles. The van der Waals surface area contributed by atoms with Gasteiger partial charge in [-0.25, -0.2) is 0 Å². The normalized spacial score (nSPS) is 14.8. The zero-order chi connectivity index (χ0) is 15.5. The second-order valence-corrected chi connectivity index (χ2v) is 5.95. The molecular weight excluding hydrogens is 292 g/mol. The maximum Gasteiger partial charge on any atom is 0.118 e. The van der Waals surface area contributed by atoms with Crippen molar-refractivity contribution in [1.82, 2.24) is 0 Å². The van der Waals surface area contributed by atoms with Crippen molar-refractivity contribution in [1.29, 1.82) is 0 Å². The van der Waals surface area contributed by atoms with E-state index in [0.717, 1.165) is 23.6 Å². The number of allylic oxidation sites excluding steroid dienone is 4. The number of hydrogen-bond acceptors (Lipinski definition) is 1. The molecule has 0 spiro atoms. The molecule has 0 radical (unpaired) electrons. The molecular formula is C20H19ClO. The molecule has 1 aliphatic rings. The first-order chi connectivity index (χ1) is 10.7. The Kier molecular flexibility index (Phi) is 4.35. The fraction of sp³-hybridized carbons (Fsp3) is 0.200. The number of ether oxygens (including phenoxy) is 1. The van der Waals surface area contributed by atoms with Crippen molar-refractivity contribution >= 4 is 22.7 Å². The molecule has 2 aromatic rings. The lowest BCUT2D eigenvalue weighted by molar-refractivity contribution is 0.415. The summed E-state index contributed by atoms with van der Waals surface area (Å²) in [6, 6.07) is 16.4. The largest absolute Gasteiger partial charge is 0.497 e. The van der Waals surface area contributed by atoms with Crippen LogP contribution in [0.15, 0.2) is 60.2 Å². The smallest absolute Gasteiger partial charge is 0.118 e. The van der Waals surface area contributed by atoms with Crippen molar-refractivity contribution in [2.24, 2.45) is 0 Å². The second kappa shape index (κ2) is 6.41. The zero-order valence-electron chi connectivity index (χ0n) is 12.9. The third-order valence-corrected chi connectivity index (χ3v) is 4.36. The number of methoxy groups -OCH3 is 1. The molecule has 112 valence electrons. The number of benzene rings is 2. The highest BCUT2D eigenvalue weighted by Crippen LogP contribution is 2.39. The van der Waals surface area contributed by atoms with Crippen LogP contribution in [-0.2, 0) is 0 Å². The van der Waals surface area contributed by atoms with Crippen LogP contribution in [0.4, 0.5) is 0 Å². The summed E-state index contributed by atoms with van der Waals surface area (Å²) in [6.07, 6.45) is 4.46. The van der Waals surface area contributed by atoms with Crippen LogP contribution in [0.5, 0.6) is 5.75 Å². The van der Waals surface area contributed by atoms with Gasteiger partial charge in [0.05, 0.1) is 7.11 Å². The predicted molar refractivity (Wildman–Crippen MR) is 94.3 cm³/mol. The first-order valence-electron chi connectivity index (χ1n) is 7.49. The van der Waals surface area contributed by atoms with Crippen molar-refractivity contribution in [3.05, 3.63) is 76.3 Å². The minimum atomic E-state index is 0.771. The van der Waals surface area contributed by atoms with Gasteiger partial charge in [-0.2, -0.15) is 0 Å². The van der Waals surface area contributed by atoms with Gasteiger partial charge >= 0.3 is 0 Å². The van der Waals surface area contributed by atoms with Crippen LogP contribution in [0, 0.1) is 0 Å². The minimum Gasteiger partial charge on any atom is -0.497 e. The summed E-state index contributed by atoms with van der Waals surface area (Å²) in [7, 11) is 1.70. The molecule has 0 unspecified atom stereocenters. The van der Waals surface area contributed by atoms with Crippen LogP contribution in [-0.4, -0.2) is 7.11 Å². The highest BCUT2D eigenvalue weighted by atomic mass is 35.5. The number of rotatable bonds is 3. The van der Waals surface area contributed by atoms with Gasteiger partial charge in [0.2, 0.25) is 0 Å². The lowest BCUT2D eigenvalue weighted by atomic mass is 9.84. The summed E-state index contributed by atoms with van der Waals surface area (Å²) < 4.78 is 5.26. The lowest BCUT2D eigenvalue weighted by Gasteiger charge is -2.21. The Labute approximate surface area is 136 Å². The Morgan fingerprint density at radius 3 is 2.18 bits per heavy atom. The molecule has 0 amide bonds. The van der Waals surface area contributed by atoms with E-state index < -0.39 is 0 Å². The van der Waals surface area contributed by atoms with Gasteiger partial charge in [0.15, 0.2) is 0 Å². The molecule has 0 aromatic heterocycles. The quantitative estimate of drug-likeness (QED) is 0.675. The van der Waals surface area contributed by atoms with Gasteiger partial charge in [-0.05, 0) is 71.9 Å². The predicted octanol–water partition coefficient (Wildman–Crippen LogP) is 6.00. The van der Waals surface area contributed by atoms with Crippen LogP contribution in [0.3, 0.4) is 0 Å². The first-order valence-corrected chi connectivity index (χ1v) is 7.87. The molecule has 3 rings (SSSR count). The van der Waals surface area contributed by atoms with E-state index in [-0.39, 0.29) is 0 Å². The van der Waals surface area contributed by atoms with Gasteiger partial charge in [0.25, 0.3) is 0 Å². The molecule has 1 aliphatic carbocycles. The van der Waals surface area contributed by atoms with Crippen LogP contribution >= 0.6 is 11.6 Å². The highest BCUT2D eigenvalue weighted by Gasteiger charge is 2.16. The third kappa shape index (κ3) is 2.95. The van der Waals surface area contributed by atoms with Gasteiger partial charge in [-0.1, -0.05) is 41.9 Å². The molecule has 0 fully saturated rings. The van der Waals surface area contributed by atoms with E-state index in [1.807, 2.05) is 24.3 Å². The molecule has 0 saturated heterocycles. The molecule has 1 nitrogen and oxygen atoms in total. The molecule has 22 heavy (non-hydrogen) atoms. The van der Waals surface area contributed by atoms with Crippen molar-refractivity contribution in [3.63, 3.8) is 0 Å². The van der Waals surface area contributed by atoms with Gasteiger partial charge < -0.3 is 4.74 Å². The Hall–Kier alpha value is -1.99. The van der Waals surface area contributed by atoms with Gasteiger partial charge in [0, 0.05) is 5.02 Å². The van der Waals surface area contributed by atoms with Crippen molar-refractivity contribution in [2.75, 3.05) is 7.11 Å². The Morgan fingerprint density at radius 2 is 1.55 bits per heavy atom. The molecule has 0 bridgehead atoms.